The number of hydrogen-bond acceptors (Lipinski definition) is 14. The lowest BCUT2D eigenvalue weighted by atomic mass is 10.1. The molecule has 2 unspecified atom stereocenters. The summed E-state index contributed by atoms with van der Waals surface area (Å²) >= 11 is 0. The molecule has 4 N–H and O–H groups in total. The smallest absolute Gasteiger partial charge is 0.217 e. The van der Waals surface area contributed by atoms with E-state index in [2.05, 4.69) is 80.1 Å². The summed E-state index contributed by atoms with van der Waals surface area (Å²) in [6.07, 6.45) is 10.2. The molecule has 0 saturated carbocycles. The van der Waals surface area contributed by atoms with E-state index in [1.54, 1.807) is 31.6 Å². The van der Waals surface area contributed by atoms with E-state index in [9.17, 15) is 14.0 Å². The zero-order valence-electron chi connectivity index (χ0n) is 38.3. The fourth-order valence-electron chi connectivity index (χ4n) is 9.02. The summed E-state index contributed by atoms with van der Waals surface area (Å²) in [6.45, 7) is 14.0. The van der Waals surface area contributed by atoms with Crippen LogP contribution < -0.4 is 31.1 Å². The molecule has 2 amide bonds. The molecule has 0 radical (unpaired) electrons. The number of furan rings is 1. The van der Waals surface area contributed by atoms with Gasteiger partial charge in [0, 0.05) is 80.8 Å². The number of aromatic nitrogens is 8. The number of carbonyl (C=O) groups is 2. The maximum Gasteiger partial charge on any atom is 0.217 e. The topological polar surface area (TPSA) is 197 Å². The van der Waals surface area contributed by atoms with Gasteiger partial charge in [-0.1, -0.05) is 30.3 Å². The monoisotopic (exact) mass is 904 g/mol. The molecule has 18 heteroatoms. The van der Waals surface area contributed by atoms with Gasteiger partial charge >= 0.3 is 0 Å². The molecular weight excluding hydrogens is 852 g/mol. The zero-order chi connectivity index (χ0) is 46.8. The lowest BCUT2D eigenvalue weighted by Gasteiger charge is -2.21. The van der Waals surface area contributed by atoms with Gasteiger partial charge in [0.2, 0.25) is 11.8 Å². The van der Waals surface area contributed by atoms with Gasteiger partial charge in [0.25, 0.3) is 0 Å². The molecule has 4 atom stereocenters. The van der Waals surface area contributed by atoms with Crippen molar-refractivity contribution in [1.82, 2.24) is 50.3 Å². The van der Waals surface area contributed by atoms with Crippen LogP contribution in [0.15, 0.2) is 96.1 Å². The number of rotatable bonds is 11. The number of pyridine rings is 2. The van der Waals surface area contributed by atoms with Gasteiger partial charge < -0.3 is 35.5 Å². The maximum absolute atomic E-state index is 14.0. The van der Waals surface area contributed by atoms with Crippen LogP contribution in [0.3, 0.4) is 0 Å². The largest absolute Gasteiger partial charge is 0.461 e. The van der Waals surface area contributed by atoms with Gasteiger partial charge in [-0.05, 0) is 76.4 Å². The lowest BCUT2D eigenvalue weighted by molar-refractivity contribution is -0.120. The lowest BCUT2D eigenvalue weighted by Crippen LogP contribution is -2.35. The Hall–Kier alpha value is -7.76. The molecule has 67 heavy (non-hydrogen) atoms. The van der Waals surface area contributed by atoms with E-state index in [1.807, 2.05) is 74.1 Å². The van der Waals surface area contributed by atoms with Crippen molar-refractivity contribution in [2.45, 2.75) is 78.6 Å². The number of fused-ring (bicyclic) bond motifs is 3. The van der Waals surface area contributed by atoms with Crippen LogP contribution in [0.2, 0.25) is 0 Å². The minimum atomic E-state index is -0.374. The molecule has 344 valence electrons. The highest BCUT2D eigenvalue weighted by atomic mass is 19.1. The molecule has 17 nitrogen and oxygen atoms in total. The molecule has 2 aromatic carbocycles. The third kappa shape index (κ3) is 9.78. The SMILES string of the molecule is CC(=O)N[C@@H]1CCN(c2cc3c(NC(C)c4cccc5c(F)coc45)nc(C)nc3cn2)C1.CC(=O)N[C@@H]1CCN(c2cc3c(NC(C)c4ccccc4-n4cccn4)nc(C)nc3cn2)C1. The zero-order valence-corrected chi connectivity index (χ0v) is 38.3. The predicted octanol–water partition coefficient (Wildman–Crippen LogP) is 7.51. The van der Waals surface area contributed by atoms with Crippen molar-refractivity contribution in [1.29, 1.82) is 0 Å². The standard InChI is InChI=1S/C25H28N8O.C24H25FN6O2/c1-16(20-7-4-5-8-23(20)33-11-6-10-27-33)28-25-21-13-24(26-14-22(21)29-17(2)30-25)32-12-9-19(15-32)31-18(3)34;1-13(17-5-4-6-18-20(25)12-33-23(17)18)27-24-19-9-22(26-10-21(19)28-14(2)29-24)31-8-7-16(11-31)30-15(3)32/h4-8,10-11,13-14,16,19H,9,12,15H2,1-3H3,(H,31,34)(H,28,29,30);4-6,9-10,12-13,16H,7-8,11H2,1-3H3,(H,30,32)(H,27,28,29)/t16?,19-;13?,16-/m11/s1. The summed E-state index contributed by atoms with van der Waals surface area (Å²) in [5, 5.41) is 19.7. The Bertz CT molecular complexity index is 3090. The van der Waals surface area contributed by atoms with Crippen molar-refractivity contribution in [2.24, 2.45) is 0 Å². The van der Waals surface area contributed by atoms with Gasteiger partial charge in [0.05, 0.1) is 46.6 Å². The number of benzene rings is 2. The molecule has 0 aliphatic carbocycles. The molecule has 8 aromatic rings. The Kier molecular flexibility index (Phi) is 12.6. The first-order valence-electron chi connectivity index (χ1n) is 22.5. The van der Waals surface area contributed by atoms with Crippen molar-refractivity contribution in [3.63, 3.8) is 0 Å². The van der Waals surface area contributed by atoms with E-state index in [4.69, 9.17) is 9.40 Å². The fraction of sp³-hybridized carbons (Fsp3) is 0.327. The van der Waals surface area contributed by atoms with Crippen molar-refractivity contribution in [3.05, 3.63) is 120 Å². The van der Waals surface area contributed by atoms with E-state index in [-0.39, 0.29) is 41.8 Å². The Morgan fingerprint density at radius 1 is 0.716 bits per heavy atom. The van der Waals surface area contributed by atoms with E-state index < -0.39 is 0 Å². The third-order valence-electron chi connectivity index (χ3n) is 12.1. The Morgan fingerprint density at radius 3 is 1.82 bits per heavy atom. The second-order valence-corrected chi connectivity index (χ2v) is 17.2. The quantitative estimate of drug-likeness (QED) is 0.0995. The molecule has 10 rings (SSSR count). The molecule has 8 heterocycles. The second-order valence-electron chi connectivity index (χ2n) is 17.2. The highest BCUT2D eigenvalue weighted by Crippen LogP contribution is 2.33. The van der Waals surface area contributed by atoms with Gasteiger partial charge in [-0.25, -0.2) is 39.0 Å². The van der Waals surface area contributed by atoms with Crippen LogP contribution in [0.5, 0.6) is 0 Å². The Labute approximate surface area is 386 Å². The normalized spacial score (nSPS) is 16.8. The summed E-state index contributed by atoms with van der Waals surface area (Å²) in [5.74, 6) is 4.03. The first kappa shape index (κ1) is 44.4. The maximum atomic E-state index is 14.0. The molecule has 0 bridgehead atoms. The number of hydrogen-bond donors (Lipinski definition) is 4. The number of anilines is 4. The van der Waals surface area contributed by atoms with Crippen LogP contribution in [-0.4, -0.2) is 89.8 Å². The molecule has 2 aliphatic rings. The first-order chi connectivity index (χ1) is 32.4. The van der Waals surface area contributed by atoms with Crippen molar-refractivity contribution < 1.29 is 18.4 Å². The summed E-state index contributed by atoms with van der Waals surface area (Å²) in [7, 11) is 0. The summed E-state index contributed by atoms with van der Waals surface area (Å²) in [4.78, 5) is 54.9. The minimum absolute atomic E-state index is 0.00179. The molecule has 2 fully saturated rings. The predicted molar refractivity (Wildman–Crippen MR) is 257 cm³/mol. The Balaban J connectivity index is 0.000000168. The molecule has 2 aliphatic heterocycles. The van der Waals surface area contributed by atoms with Gasteiger partial charge in [0.1, 0.15) is 46.8 Å². The van der Waals surface area contributed by atoms with Crippen LogP contribution in [-0.2, 0) is 9.59 Å². The highest BCUT2D eigenvalue weighted by Gasteiger charge is 2.27. The number of nitrogens with zero attached hydrogens (tertiary/aromatic N) is 10. The average Bonchev–Trinajstić information content (AvgIpc) is 4.16. The number of para-hydroxylation sites is 2. The van der Waals surface area contributed by atoms with Gasteiger partial charge in [-0.2, -0.15) is 5.10 Å². The molecule has 0 spiro atoms. The number of carbonyl (C=O) groups excluding carboxylic acids is 2. The minimum Gasteiger partial charge on any atom is -0.461 e. The third-order valence-corrected chi connectivity index (χ3v) is 12.1. The van der Waals surface area contributed by atoms with Gasteiger partial charge in [-0.15, -0.1) is 0 Å². The second kappa shape index (κ2) is 19.0. The number of nitrogens with one attached hydrogen (secondary N) is 4. The first-order valence-corrected chi connectivity index (χ1v) is 22.5. The number of halogens is 1. The fourth-order valence-corrected chi connectivity index (χ4v) is 9.02. The molecular formula is C49H53FN14O3. The number of amides is 2. The van der Waals surface area contributed by atoms with Gasteiger partial charge in [0.15, 0.2) is 5.82 Å². The van der Waals surface area contributed by atoms with Crippen LogP contribution in [0.25, 0.3) is 38.5 Å². The average molecular weight is 905 g/mol. The summed E-state index contributed by atoms with van der Waals surface area (Å²) in [5.41, 5.74) is 5.03. The highest BCUT2D eigenvalue weighted by molar-refractivity contribution is 5.92. The van der Waals surface area contributed by atoms with Crippen molar-refractivity contribution >= 4 is 67.9 Å². The van der Waals surface area contributed by atoms with E-state index in [0.29, 0.717) is 35.0 Å². The molecule has 2 saturated heterocycles. The summed E-state index contributed by atoms with van der Waals surface area (Å²) < 4.78 is 21.4. The number of aryl methyl sites for hydroxylation is 2. The van der Waals surface area contributed by atoms with E-state index in [0.717, 1.165) is 94.8 Å². The van der Waals surface area contributed by atoms with Crippen molar-refractivity contribution in [2.75, 3.05) is 46.6 Å². The van der Waals surface area contributed by atoms with Crippen LogP contribution in [0, 0.1) is 19.7 Å². The van der Waals surface area contributed by atoms with Crippen LogP contribution in [0.1, 0.15) is 75.4 Å². The van der Waals surface area contributed by atoms with Crippen LogP contribution in [0.4, 0.5) is 27.7 Å². The molecule has 6 aromatic heterocycles. The Morgan fingerprint density at radius 2 is 1.27 bits per heavy atom. The van der Waals surface area contributed by atoms with Gasteiger partial charge in [-0.3, -0.25) is 9.59 Å². The van der Waals surface area contributed by atoms with E-state index in [1.165, 1.54) is 6.92 Å². The van der Waals surface area contributed by atoms with E-state index >= 15 is 0 Å². The van der Waals surface area contributed by atoms with Crippen molar-refractivity contribution in [3.8, 4) is 5.69 Å². The van der Waals surface area contributed by atoms with Crippen LogP contribution >= 0.6 is 0 Å². The summed E-state index contributed by atoms with van der Waals surface area (Å²) in [6, 6.07) is 19.6.